The fourth-order valence-corrected chi connectivity index (χ4v) is 3.86. The van der Waals surface area contributed by atoms with E-state index in [0.29, 0.717) is 6.61 Å². The molecule has 1 unspecified atom stereocenters. The Morgan fingerprint density at radius 2 is 1.50 bits per heavy atom. The van der Waals surface area contributed by atoms with Gasteiger partial charge in [0.1, 0.15) is 17.5 Å². The predicted molar refractivity (Wildman–Crippen MR) is 141 cm³/mol. The summed E-state index contributed by atoms with van der Waals surface area (Å²) in [6, 6.07) is 16.3. The molecule has 17 heteroatoms. The highest BCUT2D eigenvalue weighted by molar-refractivity contribution is 5.73. The number of morpholine rings is 1. The van der Waals surface area contributed by atoms with Gasteiger partial charge in [0, 0.05) is 43.8 Å². The molecule has 0 radical (unpaired) electrons. The molecular formula is C27H25F6N5O6. The first-order chi connectivity index (χ1) is 20.7. The third kappa shape index (κ3) is 9.63. The number of fused-ring (bicyclic) bond motifs is 1. The van der Waals surface area contributed by atoms with E-state index in [2.05, 4.69) is 44.5 Å². The second-order valence-electron chi connectivity index (χ2n) is 9.01. The smallest absolute Gasteiger partial charge is 0.490 e. The molecule has 1 atom stereocenters. The first-order valence-corrected chi connectivity index (χ1v) is 12.5. The zero-order chi connectivity index (χ0) is 32.5. The van der Waals surface area contributed by atoms with Crippen molar-refractivity contribution in [2.24, 2.45) is 0 Å². The Morgan fingerprint density at radius 3 is 2.05 bits per heavy atom. The van der Waals surface area contributed by atoms with Gasteiger partial charge < -0.3 is 19.7 Å². The number of carbonyl (C=O) groups is 2. The van der Waals surface area contributed by atoms with Gasteiger partial charge in [-0.1, -0.05) is 23.4 Å². The number of alkyl halides is 6. The van der Waals surface area contributed by atoms with E-state index in [0.717, 1.165) is 47.7 Å². The van der Waals surface area contributed by atoms with Gasteiger partial charge >= 0.3 is 24.3 Å². The Hall–Kier alpha value is -4.77. The molecule has 1 fully saturated rings. The lowest BCUT2D eigenvalue weighted by molar-refractivity contribution is -0.193. The highest BCUT2D eigenvalue weighted by Crippen LogP contribution is 2.28. The van der Waals surface area contributed by atoms with Crippen LogP contribution in [-0.2, 0) is 20.9 Å². The van der Waals surface area contributed by atoms with Gasteiger partial charge in [-0.3, -0.25) is 9.88 Å². The molecule has 1 saturated heterocycles. The largest absolute Gasteiger partial charge is 0.497 e. The number of carboxylic acid groups (broad SMARTS) is 2. The normalized spacial score (nSPS) is 15.4. The molecule has 0 bridgehead atoms. The molecule has 5 rings (SSSR count). The van der Waals surface area contributed by atoms with Crippen LogP contribution < -0.4 is 4.74 Å². The molecule has 236 valence electrons. The van der Waals surface area contributed by atoms with Gasteiger partial charge in [0.25, 0.3) is 0 Å². The van der Waals surface area contributed by atoms with Gasteiger partial charge in [0.15, 0.2) is 0 Å². The number of hydrogen-bond acceptors (Lipinski definition) is 8. The van der Waals surface area contributed by atoms with E-state index >= 15 is 0 Å². The van der Waals surface area contributed by atoms with E-state index in [1.54, 1.807) is 7.11 Å². The number of aliphatic carboxylic acids is 2. The third-order valence-corrected chi connectivity index (χ3v) is 5.96. The standard InChI is InChI=1S/C23H23N5O2.2C2HF3O2/c1-29-20-5-2-18(3-6-20)19-4-7-21-23(25-26-28(21)15-19)22-16-27(12-13-30-22)14-17-8-10-24-11-9-17;2*3-2(4,5)1(6)7/h2-11,15,22H,12-14,16H2,1H3;2*(H,6,7). The number of pyridine rings is 2. The summed E-state index contributed by atoms with van der Waals surface area (Å²) in [6.45, 7) is 3.25. The maximum absolute atomic E-state index is 10.6. The summed E-state index contributed by atoms with van der Waals surface area (Å²) in [5.74, 6) is -4.67. The van der Waals surface area contributed by atoms with Crippen LogP contribution in [0.1, 0.15) is 17.4 Å². The molecule has 0 aliphatic carbocycles. The number of ether oxygens (including phenoxy) is 2. The van der Waals surface area contributed by atoms with Crippen molar-refractivity contribution in [2.75, 3.05) is 26.8 Å². The number of rotatable bonds is 5. The summed E-state index contributed by atoms with van der Waals surface area (Å²) in [6.07, 6.45) is -4.59. The lowest BCUT2D eigenvalue weighted by Gasteiger charge is -2.32. The molecule has 1 aromatic carbocycles. The third-order valence-electron chi connectivity index (χ3n) is 5.96. The van der Waals surface area contributed by atoms with Crippen molar-refractivity contribution in [3.05, 3.63) is 78.4 Å². The van der Waals surface area contributed by atoms with Gasteiger partial charge in [-0.05, 0) is 41.5 Å². The summed E-state index contributed by atoms with van der Waals surface area (Å²) >= 11 is 0. The second-order valence-corrected chi connectivity index (χ2v) is 9.01. The Kier molecular flexibility index (Phi) is 11.2. The fourth-order valence-electron chi connectivity index (χ4n) is 3.86. The minimum absolute atomic E-state index is 0.0927. The van der Waals surface area contributed by atoms with Crippen LogP contribution in [0.3, 0.4) is 0 Å². The summed E-state index contributed by atoms with van der Waals surface area (Å²) in [5.41, 5.74) is 5.29. The number of hydrogen-bond donors (Lipinski definition) is 2. The average Bonchev–Trinajstić information content (AvgIpc) is 3.41. The SMILES string of the molecule is COc1ccc(-c2ccc3c(C4CN(Cc5ccncc5)CCO4)nnn3c2)cc1.O=C(O)C(F)(F)F.O=C(O)C(F)(F)F. The van der Waals surface area contributed by atoms with Crippen molar-refractivity contribution in [1.82, 2.24) is 24.7 Å². The molecule has 1 aliphatic rings. The monoisotopic (exact) mass is 629 g/mol. The molecule has 2 N–H and O–H groups in total. The van der Waals surface area contributed by atoms with Crippen LogP contribution in [0.15, 0.2) is 67.1 Å². The van der Waals surface area contributed by atoms with E-state index in [4.69, 9.17) is 29.3 Å². The Balaban J connectivity index is 0.000000317. The van der Waals surface area contributed by atoms with Crippen molar-refractivity contribution >= 4 is 17.5 Å². The van der Waals surface area contributed by atoms with Crippen molar-refractivity contribution in [2.45, 2.75) is 25.0 Å². The minimum Gasteiger partial charge on any atom is -0.497 e. The Bertz CT molecular complexity index is 1510. The van der Waals surface area contributed by atoms with Crippen LogP contribution in [0.2, 0.25) is 0 Å². The van der Waals surface area contributed by atoms with E-state index in [-0.39, 0.29) is 6.10 Å². The van der Waals surface area contributed by atoms with E-state index in [9.17, 15) is 26.3 Å². The predicted octanol–water partition coefficient (Wildman–Crippen LogP) is 4.64. The number of nitrogens with zero attached hydrogens (tertiary/aromatic N) is 5. The van der Waals surface area contributed by atoms with Gasteiger partial charge in [0.05, 0.1) is 19.2 Å². The lowest BCUT2D eigenvalue weighted by Crippen LogP contribution is -2.38. The van der Waals surface area contributed by atoms with Crippen LogP contribution in [0.25, 0.3) is 16.6 Å². The summed E-state index contributed by atoms with van der Waals surface area (Å²) in [5, 5.41) is 23.1. The lowest BCUT2D eigenvalue weighted by atomic mass is 10.1. The van der Waals surface area contributed by atoms with E-state index in [1.807, 2.05) is 47.4 Å². The highest BCUT2D eigenvalue weighted by Gasteiger charge is 2.38. The zero-order valence-corrected chi connectivity index (χ0v) is 22.8. The van der Waals surface area contributed by atoms with Crippen LogP contribution in [0.4, 0.5) is 26.3 Å². The molecule has 0 spiro atoms. The molecule has 3 aromatic heterocycles. The van der Waals surface area contributed by atoms with Crippen molar-refractivity contribution in [3.63, 3.8) is 0 Å². The van der Waals surface area contributed by atoms with E-state index < -0.39 is 24.3 Å². The molecular weight excluding hydrogens is 604 g/mol. The summed E-state index contributed by atoms with van der Waals surface area (Å²) in [7, 11) is 1.67. The maximum atomic E-state index is 10.6. The zero-order valence-electron chi connectivity index (χ0n) is 22.8. The van der Waals surface area contributed by atoms with Gasteiger partial charge in [-0.25, -0.2) is 14.1 Å². The highest BCUT2D eigenvalue weighted by atomic mass is 19.4. The first kappa shape index (κ1) is 33.7. The molecule has 44 heavy (non-hydrogen) atoms. The van der Waals surface area contributed by atoms with E-state index in [1.165, 1.54) is 5.56 Å². The fraction of sp³-hybridized carbons (Fsp3) is 0.296. The van der Waals surface area contributed by atoms with Gasteiger partial charge in [-0.2, -0.15) is 26.3 Å². The number of methoxy groups -OCH3 is 1. The maximum Gasteiger partial charge on any atom is 0.490 e. The van der Waals surface area contributed by atoms with Crippen LogP contribution in [-0.4, -0.2) is 86.0 Å². The molecule has 1 aliphatic heterocycles. The Morgan fingerprint density at radius 1 is 0.932 bits per heavy atom. The molecule has 0 amide bonds. The number of halogens is 6. The van der Waals surface area contributed by atoms with Gasteiger partial charge in [-0.15, -0.1) is 5.10 Å². The van der Waals surface area contributed by atoms with Crippen LogP contribution in [0, 0.1) is 0 Å². The molecule has 4 aromatic rings. The quantitative estimate of drug-likeness (QED) is 0.300. The topological polar surface area (TPSA) is 139 Å². The van der Waals surface area contributed by atoms with Gasteiger partial charge in [0.2, 0.25) is 0 Å². The van der Waals surface area contributed by atoms with Crippen LogP contribution >= 0.6 is 0 Å². The Labute approximate surface area is 245 Å². The molecule has 11 nitrogen and oxygen atoms in total. The average molecular weight is 630 g/mol. The molecule has 0 saturated carbocycles. The van der Waals surface area contributed by atoms with Crippen LogP contribution in [0.5, 0.6) is 5.75 Å². The minimum atomic E-state index is -5.08. The first-order valence-electron chi connectivity index (χ1n) is 12.5. The number of benzene rings is 1. The van der Waals surface area contributed by atoms with Crippen molar-refractivity contribution in [3.8, 4) is 16.9 Å². The summed E-state index contributed by atoms with van der Waals surface area (Å²) < 4.78 is 76.6. The number of carboxylic acids is 2. The summed E-state index contributed by atoms with van der Waals surface area (Å²) in [4.78, 5) is 24.3. The molecule has 4 heterocycles. The van der Waals surface area contributed by atoms with Crippen molar-refractivity contribution < 1.29 is 55.6 Å². The second kappa shape index (κ2) is 14.6. The number of aromatic nitrogens is 4. The van der Waals surface area contributed by atoms with Crippen molar-refractivity contribution in [1.29, 1.82) is 0 Å².